The molecule has 1 aliphatic rings. The summed E-state index contributed by atoms with van der Waals surface area (Å²) in [5.41, 5.74) is 1.38. The number of hydrogen-bond donors (Lipinski definition) is 2. The molecule has 0 aliphatic heterocycles. The molecular weight excluding hydrogens is 212 g/mol. The van der Waals surface area contributed by atoms with E-state index in [1.54, 1.807) is 0 Å². The Bertz CT molecular complexity index is 333. The number of pyridine rings is 1. The van der Waals surface area contributed by atoms with Crippen LogP contribution < -0.4 is 5.32 Å². The first kappa shape index (κ1) is 12.5. The van der Waals surface area contributed by atoms with Crippen molar-refractivity contribution >= 4 is 0 Å². The number of nitrogens with one attached hydrogen (secondary N) is 1. The summed E-state index contributed by atoms with van der Waals surface area (Å²) in [5.74, 6) is 0. The van der Waals surface area contributed by atoms with Gasteiger partial charge in [-0.25, -0.2) is 0 Å². The largest absolute Gasteiger partial charge is 0.396 e. The summed E-state index contributed by atoms with van der Waals surface area (Å²) in [6.45, 7) is 3.38. The fourth-order valence-corrected chi connectivity index (χ4v) is 2.66. The SMILES string of the molecule is CC(NCC1(CO)CCCC1)c1ccncc1. The van der Waals surface area contributed by atoms with Crippen LogP contribution in [0.2, 0.25) is 0 Å². The van der Waals surface area contributed by atoms with E-state index < -0.39 is 0 Å². The van der Waals surface area contributed by atoms with Crippen LogP contribution in [0.15, 0.2) is 24.5 Å². The minimum Gasteiger partial charge on any atom is -0.396 e. The molecule has 3 heteroatoms. The van der Waals surface area contributed by atoms with Gasteiger partial charge in [0.25, 0.3) is 0 Å². The lowest BCUT2D eigenvalue weighted by atomic mass is 9.87. The number of rotatable bonds is 5. The first-order chi connectivity index (χ1) is 8.26. The van der Waals surface area contributed by atoms with Crippen LogP contribution in [0.3, 0.4) is 0 Å². The molecule has 0 bridgehead atoms. The average Bonchev–Trinajstić information content (AvgIpc) is 2.86. The van der Waals surface area contributed by atoms with E-state index in [1.807, 2.05) is 24.5 Å². The summed E-state index contributed by atoms with van der Waals surface area (Å²) in [6.07, 6.45) is 8.46. The molecule has 1 heterocycles. The Morgan fingerprint density at radius 2 is 2.00 bits per heavy atom. The van der Waals surface area contributed by atoms with Crippen LogP contribution in [-0.4, -0.2) is 23.2 Å². The topological polar surface area (TPSA) is 45.1 Å². The van der Waals surface area contributed by atoms with E-state index in [0.29, 0.717) is 12.6 Å². The third-order valence-corrected chi connectivity index (χ3v) is 3.99. The molecule has 1 fully saturated rings. The summed E-state index contributed by atoms with van der Waals surface area (Å²) in [7, 11) is 0. The quantitative estimate of drug-likeness (QED) is 0.821. The van der Waals surface area contributed by atoms with Crippen molar-refractivity contribution in [1.29, 1.82) is 0 Å². The van der Waals surface area contributed by atoms with E-state index in [2.05, 4.69) is 17.2 Å². The molecule has 94 valence electrons. The van der Waals surface area contributed by atoms with Gasteiger partial charge in [-0.05, 0) is 37.5 Å². The van der Waals surface area contributed by atoms with Crippen LogP contribution in [0.5, 0.6) is 0 Å². The standard InChI is InChI=1S/C14H22N2O/c1-12(13-4-8-15-9-5-13)16-10-14(11-17)6-2-3-7-14/h4-5,8-9,12,16-17H,2-3,6-7,10-11H2,1H3. The molecule has 1 atom stereocenters. The van der Waals surface area contributed by atoms with E-state index in [-0.39, 0.29) is 5.41 Å². The predicted molar refractivity (Wildman–Crippen MR) is 68.6 cm³/mol. The fourth-order valence-electron chi connectivity index (χ4n) is 2.66. The number of aliphatic hydroxyl groups excluding tert-OH is 1. The second kappa shape index (κ2) is 5.61. The highest BCUT2D eigenvalue weighted by atomic mass is 16.3. The summed E-state index contributed by atoms with van der Waals surface area (Å²) >= 11 is 0. The molecule has 0 radical (unpaired) electrons. The summed E-state index contributed by atoms with van der Waals surface area (Å²) in [6, 6.07) is 4.40. The lowest BCUT2D eigenvalue weighted by Crippen LogP contribution is -2.36. The highest BCUT2D eigenvalue weighted by Crippen LogP contribution is 2.37. The van der Waals surface area contributed by atoms with Crippen LogP contribution in [0.25, 0.3) is 0 Å². The molecule has 1 aliphatic carbocycles. The molecule has 1 aromatic heterocycles. The van der Waals surface area contributed by atoms with Gasteiger partial charge in [0.1, 0.15) is 0 Å². The Morgan fingerprint density at radius 1 is 1.35 bits per heavy atom. The van der Waals surface area contributed by atoms with Crippen LogP contribution in [0.1, 0.15) is 44.2 Å². The third kappa shape index (κ3) is 3.05. The first-order valence-corrected chi connectivity index (χ1v) is 6.50. The normalized spacial score (nSPS) is 20.4. The first-order valence-electron chi connectivity index (χ1n) is 6.50. The molecule has 2 rings (SSSR count). The zero-order valence-corrected chi connectivity index (χ0v) is 10.5. The Hall–Kier alpha value is -0.930. The Balaban J connectivity index is 1.89. The smallest absolute Gasteiger partial charge is 0.0499 e. The zero-order valence-electron chi connectivity index (χ0n) is 10.5. The highest BCUT2D eigenvalue weighted by molar-refractivity contribution is 5.14. The van der Waals surface area contributed by atoms with Crippen LogP contribution in [-0.2, 0) is 0 Å². The minimum absolute atomic E-state index is 0.126. The summed E-state index contributed by atoms with van der Waals surface area (Å²) in [4.78, 5) is 4.03. The Kier molecular flexibility index (Phi) is 4.13. The van der Waals surface area contributed by atoms with Crippen molar-refractivity contribution in [1.82, 2.24) is 10.3 Å². The number of hydrogen-bond acceptors (Lipinski definition) is 3. The number of aromatic nitrogens is 1. The molecule has 2 N–H and O–H groups in total. The van der Waals surface area contributed by atoms with Crippen LogP contribution in [0, 0.1) is 5.41 Å². The zero-order chi connectivity index (χ0) is 12.1. The average molecular weight is 234 g/mol. The second-order valence-corrected chi connectivity index (χ2v) is 5.25. The minimum atomic E-state index is 0.126. The lowest BCUT2D eigenvalue weighted by Gasteiger charge is -2.28. The van der Waals surface area contributed by atoms with Crippen molar-refractivity contribution in [3.8, 4) is 0 Å². The van der Waals surface area contributed by atoms with Gasteiger partial charge in [-0.15, -0.1) is 0 Å². The highest BCUT2D eigenvalue weighted by Gasteiger charge is 2.33. The van der Waals surface area contributed by atoms with E-state index in [4.69, 9.17) is 0 Å². The molecule has 17 heavy (non-hydrogen) atoms. The number of aliphatic hydroxyl groups is 1. The van der Waals surface area contributed by atoms with Gasteiger partial charge in [-0.3, -0.25) is 4.98 Å². The van der Waals surface area contributed by atoms with Gasteiger partial charge in [0, 0.05) is 37.0 Å². The van der Waals surface area contributed by atoms with Gasteiger partial charge >= 0.3 is 0 Å². The van der Waals surface area contributed by atoms with Crippen LogP contribution in [0.4, 0.5) is 0 Å². The van der Waals surface area contributed by atoms with Gasteiger partial charge in [-0.2, -0.15) is 0 Å². The van der Waals surface area contributed by atoms with Crippen molar-refractivity contribution < 1.29 is 5.11 Å². The third-order valence-electron chi connectivity index (χ3n) is 3.99. The second-order valence-electron chi connectivity index (χ2n) is 5.25. The van der Waals surface area contributed by atoms with E-state index in [1.165, 1.54) is 18.4 Å². The fraction of sp³-hybridized carbons (Fsp3) is 0.643. The van der Waals surface area contributed by atoms with Crippen molar-refractivity contribution in [2.45, 2.75) is 38.6 Å². The van der Waals surface area contributed by atoms with Crippen molar-refractivity contribution in [2.24, 2.45) is 5.41 Å². The maximum atomic E-state index is 9.55. The predicted octanol–water partition coefficient (Wildman–Crippen LogP) is 2.28. The van der Waals surface area contributed by atoms with Gasteiger partial charge in [0.05, 0.1) is 0 Å². The van der Waals surface area contributed by atoms with Gasteiger partial charge in [-0.1, -0.05) is 12.8 Å². The molecule has 0 amide bonds. The molecule has 1 saturated carbocycles. The Morgan fingerprint density at radius 3 is 2.59 bits per heavy atom. The van der Waals surface area contributed by atoms with Gasteiger partial charge < -0.3 is 10.4 Å². The summed E-state index contributed by atoms with van der Waals surface area (Å²) in [5, 5.41) is 13.1. The molecule has 1 aromatic rings. The van der Waals surface area contributed by atoms with Crippen molar-refractivity contribution in [3.63, 3.8) is 0 Å². The molecule has 0 spiro atoms. The molecular formula is C14H22N2O. The lowest BCUT2D eigenvalue weighted by molar-refractivity contribution is 0.125. The van der Waals surface area contributed by atoms with Crippen LogP contribution >= 0.6 is 0 Å². The molecule has 3 nitrogen and oxygen atoms in total. The summed E-state index contributed by atoms with van der Waals surface area (Å²) < 4.78 is 0. The number of nitrogens with zero attached hydrogens (tertiary/aromatic N) is 1. The Labute approximate surface area is 103 Å². The monoisotopic (exact) mass is 234 g/mol. The molecule has 1 unspecified atom stereocenters. The molecule has 0 saturated heterocycles. The maximum absolute atomic E-state index is 9.55. The van der Waals surface area contributed by atoms with Gasteiger partial charge in [0.15, 0.2) is 0 Å². The van der Waals surface area contributed by atoms with E-state index in [0.717, 1.165) is 19.4 Å². The van der Waals surface area contributed by atoms with Crippen molar-refractivity contribution in [3.05, 3.63) is 30.1 Å². The maximum Gasteiger partial charge on any atom is 0.0499 e. The molecule has 0 aromatic carbocycles. The van der Waals surface area contributed by atoms with Gasteiger partial charge in [0.2, 0.25) is 0 Å². The van der Waals surface area contributed by atoms with Crippen molar-refractivity contribution in [2.75, 3.05) is 13.2 Å². The van der Waals surface area contributed by atoms with E-state index >= 15 is 0 Å². The van der Waals surface area contributed by atoms with E-state index in [9.17, 15) is 5.11 Å².